The summed E-state index contributed by atoms with van der Waals surface area (Å²) in [7, 11) is 0. The Hall–Kier alpha value is -3.46. The maximum Gasteiger partial charge on any atom is 0.162 e. The van der Waals surface area contributed by atoms with Crippen LogP contribution in [-0.4, -0.2) is 14.5 Å². The molecular formula is C19H14FN5. The van der Waals surface area contributed by atoms with Gasteiger partial charge in [-0.3, -0.25) is 0 Å². The van der Waals surface area contributed by atoms with Crippen LogP contribution in [0.4, 0.5) is 10.2 Å². The normalized spacial score (nSPS) is 11.0. The highest BCUT2D eigenvalue weighted by Gasteiger charge is 2.18. The molecule has 6 heteroatoms. The number of hydrogen-bond donors (Lipinski definition) is 1. The topological polar surface area (TPSA) is 80.5 Å². The molecule has 0 spiro atoms. The molecule has 5 nitrogen and oxygen atoms in total. The van der Waals surface area contributed by atoms with E-state index < -0.39 is 0 Å². The first-order valence-electron chi connectivity index (χ1n) is 7.87. The van der Waals surface area contributed by atoms with Gasteiger partial charge in [-0.2, -0.15) is 5.26 Å². The first kappa shape index (κ1) is 15.1. The zero-order valence-corrected chi connectivity index (χ0v) is 13.3. The molecule has 2 aromatic heterocycles. The quantitative estimate of drug-likeness (QED) is 0.624. The Kier molecular flexibility index (Phi) is 3.55. The van der Waals surface area contributed by atoms with Gasteiger partial charge in [-0.25, -0.2) is 14.4 Å². The lowest BCUT2D eigenvalue weighted by Crippen LogP contribution is -2.07. The van der Waals surface area contributed by atoms with Crippen molar-refractivity contribution in [3.05, 3.63) is 65.5 Å². The van der Waals surface area contributed by atoms with Crippen LogP contribution in [0.5, 0.6) is 0 Å². The first-order chi connectivity index (χ1) is 12.2. The summed E-state index contributed by atoms with van der Waals surface area (Å²) in [5, 5.41) is 9.46. The molecule has 4 aromatic rings. The van der Waals surface area contributed by atoms with E-state index in [2.05, 4.69) is 16.0 Å². The van der Waals surface area contributed by atoms with Crippen molar-refractivity contribution in [2.45, 2.75) is 13.0 Å². The Morgan fingerprint density at radius 2 is 1.72 bits per heavy atom. The van der Waals surface area contributed by atoms with Crippen LogP contribution >= 0.6 is 0 Å². The van der Waals surface area contributed by atoms with E-state index in [9.17, 15) is 9.65 Å². The summed E-state index contributed by atoms with van der Waals surface area (Å²) in [5.74, 6) is 0.0544. The summed E-state index contributed by atoms with van der Waals surface area (Å²) in [5.41, 5.74) is 9.52. The van der Waals surface area contributed by atoms with Crippen LogP contribution in [0.1, 0.15) is 11.1 Å². The molecule has 2 N–H and O–H groups in total. The smallest absolute Gasteiger partial charge is 0.162 e. The van der Waals surface area contributed by atoms with E-state index in [-0.39, 0.29) is 5.82 Å². The SMILES string of the molecule is N#Cc1c(N)n(CCc2ccccc2F)c2nc3ccccc3nc12. The number of halogens is 1. The van der Waals surface area contributed by atoms with Gasteiger partial charge in [0.25, 0.3) is 0 Å². The van der Waals surface area contributed by atoms with Crippen LogP contribution in [0.25, 0.3) is 22.2 Å². The molecule has 0 aliphatic heterocycles. The first-order valence-corrected chi connectivity index (χ1v) is 7.87. The maximum atomic E-state index is 13.9. The highest BCUT2D eigenvalue weighted by atomic mass is 19.1. The number of anilines is 1. The van der Waals surface area contributed by atoms with Crippen molar-refractivity contribution in [2.24, 2.45) is 0 Å². The van der Waals surface area contributed by atoms with Gasteiger partial charge in [0, 0.05) is 6.54 Å². The fourth-order valence-corrected chi connectivity index (χ4v) is 2.99. The van der Waals surface area contributed by atoms with Crippen molar-refractivity contribution in [1.82, 2.24) is 14.5 Å². The van der Waals surface area contributed by atoms with Gasteiger partial charge >= 0.3 is 0 Å². The number of benzene rings is 2. The Balaban J connectivity index is 1.85. The third kappa shape index (κ3) is 2.46. The maximum absolute atomic E-state index is 13.9. The molecule has 0 saturated heterocycles. The Bertz CT molecular complexity index is 1140. The van der Waals surface area contributed by atoms with Crippen LogP contribution in [0.3, 0.4) is 0 Å². The molecule has 0 aliphatic carbocycles. The molecular weight excluding hydrogens is 317 g/mol. The number of nitriles is 1. The van der Waals surface area contributed by atoms with E-state index in [0.29, 0.717) is 46.6 Å². The van der Waals surface area contributed by atoms with Gasteiger partial charge in [0.1, 0.15) is 28.8 Å². The van der Waals surface area contributed by atoms with E-state index in [1.807, 2.05) is 24.3 Å². The van der Waals surface area contributed by atoms with Crippen molar-refractivity contribution in [3.8, 4) is 6.07 Å². The van der Waals surface area contributed by atoms with E-state index in [0.717, 1.165) is 5.52 Å². The minimum absolute atomic E-state index is 0.255. The standard InChI is InChI=1S/C19H14FN5/c20-14-6-2-1-5-12(14)9-10-25-18(22)13(11-21)17-19(25)24-16-8-4-3-7-15(16)23-17/h1-8H,9-10,22H2. The number of nitrogens with two attached hydrogens (primary N) is 1. The van der Waals surface area contributed by atoms with Gasteiger partial charge < -0.3 is 10.3 Å². The summed E-state index contributed by atoms with van der Waals surface area (Å²) in [6.45, 7) is 0.415. The second kappa shape index (κ2) is 5.87. The predicted molar refractivity (Wildman–Crippen MR) is 94.3 cm³/mol. The number of para-hydroxylation sites is 2. The number of aryl methyl sites for hydroxylation is 2. The van der Waals surface area contributed by atoms with Gasteiger partial charge in [0.15, 0.2) is 5.65 Å². The molecule has 0 radical (unpaired) electrons. The molecule has 4 rings (SSSR count). The van der Waals surface area contributed by atoms with Gasteiger partial charge in [0.05, 0.1) is 11.0 Å². The minimum Gasteiger partial charge on any atom is -0.384 e. The van der Waals surface area contributed by atoms with Crippen LogP contribution in [0, 0.1) is 17.1 Å². The lowest BCUT2D eigenvalue weighted by atomic mass is 10.1. The van der Waals surface area contributed by atoms with Gasteiger partial charge in [-0.05, 0) is 30.2 Å². The van der Waals surface area contributed by atoms with E-state index in [4.69, 9.17) is 5.73 Å². The Morgan fingerprint density at radius 3 is 2.44 bits per heavy atom. The number of nitrogens with zero attached hydrogens (tertiary/aromatic N) is 4. The minimum atomic E-state index is -0.255. The van der Waals surface area contributed by atoms with E-state index in [1.54, 1.807) is 22.8 Å². The van der Waals surface area contributed by atoms with Crippen molar-refractivity contribution >= 4 is 28.0 Å². The van der Waals surface area contributed by atoms with Crippen molar-refractivity contribution < 1.29 is 4.39 Å². The third-order valence-electron chi connectivity index (χ3n) is 4.27. The average Bonchev–Trinajstić information content (AvgIpc) is 2.89. The summed E-state index contributed by atoms with van der Waals surface area (Å²) in [4.78, 5) is 9.16. The number of fused-ring (bicyclic) bond motifs is 2. The molecule has 0 atom stereocenters. The second-order valence-electron chi connectivity index (χ2n) is 5.75. The molecule has 0 bridgehead atoms. The molecule has 122 valence electrons. The van der Waals surface area contributed by atoms with Crippen LogP contribution in [0.2, 0.25) is 0 Å². The van der Waals surface area contributed by atoms with Crippen molar-refractivity contribution in [3.63, 3.8) is 0 Å². The predicted octanol–water partition coefficient (Wildman–Crippen LogP) is 3.42. The zero-order valence-electron chi connectivity index (χ0n) is 13.3. The van der Waals surface area contributed by atoms with Crippen LogP contribution in [0.15, 0.2) is 48.5 Å². The molecule has 0 amide bonds. The fourth-order valence-electron chi connectivity index (χ4n) is 2.99. The van der Waals surface area contributed by atoms with E-state index >= 15 is 0 Å². The number of aromatic nitrogens is 3. The lowest BCUT2D eigenvalue weighted by molar-refractivity contribution is 0.597. The van der Waals surface area contributed by atoms with Crippen LogP contribution < -0.4 is 5.73 Å². The molecule has 0 unspecified atom stereocenters. The second-order valence-corrected chi connectivity index (χ2v) is 5.75. The summed E-state index contributed by atoms with van der Waals surface area (Å²) >= 11 is 0. The van der Waals surface area contributed by atoms with Crippen molar-refractivity contribution in [1.29, 1.82) is 5.26 Å². The summed E-state index contributed by atoms with van der Waals surface area (Å²) in [6, 6.07) is 16.2. The van der Waals surface area contributed by atoms with Gasteiger partial charge in [0.2, 0.25) is 0 Å². The summed E-state index contributed by atoms with van der Waals surface area (Å²) < 4.78 is 15.6. The van der Waals surface area contributed by atoms with E-state index in [1.165, 1.54) is 6.07 Å². The molecule has 2 aromatic carbocycles. The highest BCUT2D eigenvalue weighted by molar-refractivity contribution is 5.92. The fraction of sp³-hybridized carbons (Fsp3) is 0.105. The Morgan fingerprint density at radius 1 is 1.04 bits per heavy atom. The Labute approximate surface area is 143 Å². The highest BCUT2D eigenvalue weighted by Crippen LogP contribution is 2.27. The lowest BCUT2D eigenvalue weighted by Gasteiger charge is -2.08. The molecule has 0 aliphatic rings. The van der Waals surface area contributed by atoms with Crippen LogP contribution in [-0.2, 0) is 13.0 Å². The molecule has 0 saturated carbocycles. The molecule has 0 fully saturated rings. The summed E-state index contributed by atoms with van der Waals surface area (Å²) in [6.07, 6.45) is 0.444. The molecule has 25 heavy (non-hydrogen) atoms. The number of rotatable bonds is 3. The van der Waals surface area contributed by atoms with Crippen molar-refractivity contribution in [2.75, 3.05) is 5.73 Å². The van der Waals surface area contributed by atoms with Gasteiger partial charge in [-0.15, -0.1) is 0 Å². The largest absolute Gasteiger partial charge is 0.384 e. The number of nitrogen functional groups attached to an aromatic ring is 1. The molecule has 2 heterocycles. The monoisotopic (exact) mass is 331 g/mol. The third-order valence-corrected chi connectivity index (χ3v) is 4.27. The number of hydrogen-bond acceptors (Lipinski definition) is 4. The zero-order chi connectivity index (χ0) is 17.4. The van der Waals surface area contributed by atoms with Gasteiger partial charge in [-0.1, -0.05) is 30.3 Å². The average molecular weight is 331 g/mol.